The Bertz CT molecular complexity index is 109. The molecule has 0 radical (unpaired) electrons. The summed E-state index contributed by atoms with van der Waals surface area (Å²) in [5.41, 5.74) is 0. The van der Waals surface area contributed by atoms with Gasteiger partial charge in [0.25, 0.3) is 0 Å². The molecule has 0 aliphatic heterocycles. The lowest BCUT2D eigenvalue weighted by Crippen LogP contribution is -2.60. The highest BCUT2D eigenvalue weighted by Gasteiger charge is 2.49. The highest BCUT2D eigenvalue weighted by Crippen LogP contribution is 2.25. The molecule has 1 aliphatic carbocycles. The van der Waals surface area contributed by atoms with Crippen molar-refractivity contribution in [3.63, 3.8) is 0 Å². The third-order valence-electron chi connectivity index (χ3n) is 2.00. The molecular formula is C6H10F2O4. The van der Waals surface area contributed by atoms with Gasteiger partial charge in [-0.3, -0.25) is 0 Å². The van der Waals surface area contributed by atoms with Gasteiger partial charge < -0.3 is 20.4 Å². The third kappa shape index (κ3) is 1.31. The first kappa shape index (κ1) is 9.79. The molecule has 0 saturated heterocycles. The van der Waals surface area contributed by atoms with Crippen LogP contribution in [0.1, 0.15) is 0 Å². The van der Waals surface area contributed by atoms with Crippen molar-refractivity contribution in [1.82, 2.24) is 0 Å². The lowest BCUT2D eigenvalue weighted by atomic mass is 9.87. The molecule has 0 spiro atoms. The molecule has 4 atom stereocenters. The largest absolute Gasteiger partial charge is 0.387 e. The number of aliphatic hydroxyl groups excluding tert-OH is 4. The van der Waals surface area contributed by atoms with Crippen LogP contribution in [0.25, 0.3) is 0 Å². The summed E-state index contributed by atoms with van der Waals surface area (Å²) in [5.74, 6) is 0. The summed E-state index contributed by atoms with van der Waals surface area (Å²) in [6.45, 7) is 0. The zero-order chi connectivity index (χ0) is 9.46. The summed E-state index contributed by atoms with van der Waals surface area (Å²) in [5, 5.41) is 35.1. The van der Waals surface area contributed by atoms with Gasteiger partial charge in [0.2, 0.25) is 0 Å². The normalized spacial score (nSPS) is 55.5. The summed E-state index contributed by atoms with van der Waals surface area (Å²) < 4.78 is 25.3. The van der Waals surface area contributed by atoms with Gasteiger partial charge in [-0.2, -0.15) is 0 Å². The lowest BCUT2D eigenvalue weighted by Gasteiger charge is -2.36. The van der Waals surface area contributed by atoms with E-state index in [0.29, 0.717) is 0 Å². The zero-order valence-corrected chi connectivity index (χ0v) is 6.01. The standard InChI is InChI=1S/C6H10F2O4/c7-1-3(9)2(8)5(11)6(12)4(1)10/h1-6,9-12H/t1-,2-,3?,4-,5-,6?/m0/s1. The van der Waals surface area contributed by atoms with Crippen molar-refractivity contribution in [2.24, 2.45) is 0 Å². The monoisotopic (exact) mass is 184 g/mol. The molecule has 4 N–H and O–H groups in total. The highest BCUT2D eigenvalue weighted by molar-refractivity contribution is 4.98. The fourth-order valence-electron chi connectivity index (χ4n) is 1.16. The number of alkyl halides is 2. The maximum Gasteiger partial charge on any atom is 0.157 e. The fourth-order valence-corrected chi connectivity index (χ4v) is 1.16. The SMILES string of the molecule is OC1[C@@H](O)[C@@H](F)C(O)[C@H](F)[C@@H]1O. The molecule has 0 aromatic rings. The van der Waals surface area contributed by atoms with Crippen LogP contribution < -0.4 is 0 Å². The molecule has 12 heavy (non-hydrogen) atoms. The molecule has 0 heterocycles. The van der Waals surface area contributed by atoms with Gasteiger partial charge in [0, 0.05) is 0 Å². The molecule has 6 heteroatoms. The first-order valence-corrected chi connectivity index (χ1v) is 3.47. The first-order valence-electron chi connectivity index (χ1n) is 3.47. The van der Waals surface area contributed by atoms with Crippen LogP contribution >= 0.6 is 0 Å². The third-order valence-corrected chi connectivity index (χ3v) is 2.00. The van der Waals surface area contributed by atoms with Crippen LogP contribution in [0.5, 0.6) is 0 Å². The first-order chi connectivity index (χ1) is 5.46. The predicted octanol–water partition coefficient (Wildman–Crippen LogP) is -1.88. The van der Waals surface area contributed by atoms with E-state index in [1.165, 1.54) is 0 Å². The smallest absolute Gasteiger partial charge is 0.157 e. The second kappa shape index (κ2) is 3.21. The van der Waals surface area contributed by atoms with Gasteiger partial charge in [-0.15, -0.1) is 0 Å². The Labute approximate surface area is 67.1 Å². The van der Waals surface area contributed by atoms with Gasteiger partial charge >= 0.3 is 0 Å². The van der Waals surface area contributed by atoms with Gasteiger partial charge in [0.15, 0.2) is 12.3 Å². The number of rotatable bonds is 0. The molecule has 0 bridgehead atoms. The second-order valence-corrected chi connectivity index (χ2v) is 2.85. The Hall–Kier alpha value is -0.300. The predicted molar refractivity (Wildman–Crippen MR) is 33.8 cm³/mol. The van der Waals surface area contributed by atoms with Crippen LogP contribution in [-0.4, -0.2) is 57.2 Å². The van der Waals surface area contributed by atoms with Crippen molar-refractivity contribution in [3.05, 3.63) is 0 Å². The summed E-state index contributed by atoms with van der Waals surface area (Å²) in [6.07, 6.45) is -12.4. The van der Waals surface area contributed by atoms with E-state index in [1.54, 1.807) is 0 Å². The van der Waals surface area contributed by atoms with Crippen LogP contribution in [-0.2, 0) is 0 Å². The van der Waals surface area contributed by atoms with Crippen molar-refractivity contribution in [3.8, 4) is 0 Å². The minimum atomic E-state index is -2.27. The molecule has 0 aromatic heterocycles. The Balaban J connectivity index is 2.76. The van der Waals surface area contributed by atoms with E-state index in [-0.39, 0.29) is 0 Å². The van der Waals surface area contributed by atoms with Gasteiger partial charge in [-0.25, -0.2) is 8.78 Å². The number of halogens is 2. The molecule has 1 saturated carbocycles. The van der Waals surface area contributed by atoms with Crippen LogP contribution in [0.3, 0.4) is 0 Å². The Morgan fingerprint density at radius 2 is 0.917 bits per heavy atom. The summed E-state index contributed by atoms with van der Waals surface area (Å²) in [4.78, 5) is 0. The van der Waals surface area contributed by atoms with Crippen molar-refractivity contribution in [2.45, 2.75) is 36.8 Å². The lowest BCUT2D eigenvalue weighted by molar-refractivity contribution is -0.188. The maximum absolute atomic E-state index is 12.6. The quantitative estimate of drug-likeness (QED) is 0.355. The van der Waals surface area contributed by atoms with Crippen molar-refractivity contribution >= 4 is 0 Å². The van der Waals surface area contributed by atoms with E-state index in [9.17, 15) is 8.78 Å². The van der Waals surface area contributed by atoms with Crippen molar-refractivity contribution < 1.29 is 29.2 Å². The number of aliphatic hydroxyl groups is 4. The molecule has 1 rings (SSSR count). The van der Waals surface area contributed by atoms with E-state index >= 15 is 0 Å². The van der Waals surface area contributed by atoms with E-state index < -0.39 is 36.8 Å². The van der Waals surface area contributed by atoms with Gasteiger partial charge in [0.1, 0.15) is 24.4 Å². The van der Waals surface area contributed by atoms with Crippen LogP contribution in [0, 0.1) is 0 Å². The molecule has 1 aliphatic rings. The van der Waals surface area contributed by atoms with Gasteiger partial charge in [-0.05, 0) is 0 Å². The van der Waals surface area contributed by atoms with Crippen molar-refractivity contribution in [1.29, 1.82) is 0 Å². The van der Waals surface area contributed by atoms with E-state index in [1.807, 2.05) is 0 Å². The summed E-state index contributed by atoms with van der Waals surface area (Å²) >= 11 is 0. The molecule has 72 valence electrons. The Morgan fingerprint density at radius 1 is 0.583 bits per heavy atom. The maximum atomic E-state index is 12.6. The van der Waals surface area contributed by atoms with E-state index in [4.69, 9.17) is 20.4 Å². The zero-order valence-electron chi connectivity index (χ0n) is 6.01. The topological polar surface area (TPSA) is 80.9 Å². The molecular weight excluding hydrogens is 174 g/mol. The minimum Gasteiger partial charge on any atom is -0.387 e. The molecule has 1 fully saturated rings. The van der Waals surface area contributed by atoms with Crippen LogP contribution in [0.2, 0.25) is 0 Å². The molecule has 0 amide bonds. The average molecular weight is 184 g/mol. The fraction of sp³-hybridized carbons (Fsp3) is 1.00. The summed E-state index contributed by atoms with van der Waals surface area (Å²) in [6, 6.07) is 0. The number of hydrogen-bond acceptors (Lipinski definition) is 4. The van der Waals surface area contributed by atoms with E-state index in [0.717, 1.165) is 0 Å². The van der Waals surface area contributed by atoms with Crippen LogP contribution in [0.15, 0.2) is 0 Å². The Kier molecular flexibility index (Phi) is 2.62. The second-order valence-electron chi connectivity index (χ2n) is 2.85. The molecule has 0 aromatic carbocycles. The number of hydrogen-bond donors (Lipinski definition) is 4. The van der Waals surface area contributed by atoms with Crippen molar-refractivity contribution in [2.75, 3.05) is 0 Å². The minimum absolute atomic E-state index is 1.89. The average Bonchev–Trinajstić information content (AvgIpc) is 2.08. The van der Waals surface area contributed by atoms with Gasteiger partial charge in [-0.1, -0.05) is 0 Å². The summed E-state index contributed by atoms with van der Waals surface area (Å²) in [7, 11) is 0. The molecule has 4 nitrogen and oxygen atoms in total. The van der Waals surface area contributed by atoms with E-state index in [2.05, 4.69) is 0 Å². The molecule has 0 unspecified atom stereocenters. The van der Waals surface area contributed by atoms with Gasteiger partial charge in [0.05, 0.1) is 0 Å². The Morgan fingerprint density at radius 3 is 1.25 bits per heavy atom. The highest BCUT2D eigenvalue weighted by atomic mass is 19.1. The van der Waals surface area contributed by atoms with Crippen LogP contribution in [0.4, 0.5) is 8.78 Å².